The molecule has 0 fully saturated rings. The van der Waals surface area contributed by atoms with Crippen molar-refractivity contribution in [1.82, 2.24) is 0 Å². The van der Waals surface area contributed by atoms with E-state index in [-0.39, 0.29) is 12.0 Å². The molecule has 1 rings (SSSR count). The highest BCUT2D eigenvalue weighted by atomic mass is 19.2. The molecular formula is C12H14F2O2. The summed E-state index contributed by atoms with van der Waals surface area (Å²) in [6.07, 6.45) is -0.0350. The van der Waals surface area contributed by atoms with Gasteiger partial charge in [0.2, 0.25) is 0 Å². The van der Waals surface area contributed by atoms with Crippen LogP contribution >= 0.6 is 0 Å². The quantitative estimate of drug-likeness (QED) is 0.863. The summed E-state index contributed by atoms with van der Waals surface area (Å²) in [5, 5.41) is 8.92. The fraction of sp³-hybridized carbons (Fsp3) is 0.417. The van der Waals surface area contributed by atoms with Crippen molar-refractivity contribution in [3.8, 4) is 0 Å². The number of aliphatic carboxylic acids is 1. The Bertz CT molecular complexity index is 425. The van der Waals surface area contributed by atoms with E-state index in [1.54, 1.807) is 6.92 Å². The Morgan fingerprint density at radius 2 is 1.94 bits per heavy atom. The van der Waals surface area contributed by atoms with Crippen molar-refractivity contribution in [2.24, 2.45) is 5.41 Å². The van der Waals surface area contributed by atoms with Crippen LogP contribution in [0.4, 0.5) is 8.78 Å². The van der Waals surface area contributed by atoms with Gasteiger partial charge in [0.15, 0.2) is 11.6 Å². The molecule has 0 radical (unpaired) electrons. The number of halogens is 2. The first kappa shape index (κ1) is 12.6. The van der Waals surface area contributed by atoms with Crippen molar-refractivity contribution in [2.45, 2.75) is 27.2 Å². The molecule has 16 heavy (non-hydrogen) atoms. The van der Waals surface area contributed by atoms with E-state index in [0.717, 1.165) is 6.07 Å². The first-order valence-corrected chi connectivity index (χ1v) is 4.92. The smallest absolute Gasteiger partial charge is 0.309 e. The Balaban J connectivity index is 3.11. The average molecular weight is 228 g/mol. The molecule has 0 aliphatic heterocycles. The van der Waals surface area contributed by atoms with Gasteiger partial charge >= 0.3 is 5.97 Å². The molecule has 1 N–H and O–H groups in total. The summed E-state index contributed by atoms with van der Waals surface area (Å²) >= 11 is 0. The van der Waals surface area contributed by atoms with Gasteiger partial charge in [-0.2, -0.15) is 0 Å². The standard InChI is InChI=1S/C12H14F2O2/c1-7-4-8(10(14)9(13)5-7)6-12(2,3)11(15)16/h4-5H,6H2,1-3H3,(H,15,16). The molecule has 0 spiro atoms. The van der Waals surface area contributed by atoms with Gasteiger partial charge in [0.05, 0.1) is 5.41 Å². The number of carbonyl (C=O) groups is 1. The number of hydrogen-bond donors (Lipinski definition) is 1. The van der Waals surface area contributed by atoms with Gasteiger partial charge in [0, 0.05) is 0 Å². The van der Waals surface area contributed by atoms with Crippen LogP contribution in [-0.4, -0.2) is 11.1 Å². The average Bonchev–Trinajstić information content (AvgIpc) is 2.12. The van der Waals surface area contributed by atoms with Crippen LogP contribution in [-0.2, 0) is 11.2 Å². The summed E-state index contributed by atoms with van der Waals surface area (Å²) in [4.78, 5) is 10.9. The third kappa shape index (κ3) is 2.56. The maximum Gasteiger partial charge on any atom is 0.309 e. The van der Waals surface area contributed by atoms with Crippen LogP contribution in [0.2, 0.25) is 0 Å². The Kier molecular flexibility index (Phi) is 3.31. The van der Waals surface area contributed by atoms with Crippen molar-refractivity contribution in [3.05, 3.63) is 34.9 Å². The molecule has 0 aromatic heterocycles. The molecule has 2 nitrogen and oxygen atoms in total. The zero-order valence-corrected chi connectivity index (χ0v) is 9.47. The zero-order valence-electron chi connectivity index (χ0n) is 9.47. The minimum absolute atomic E-state index is 0.0350. The lowest BCUT2D eigenvalue weighted by molar-refractivity contribution is -0.146. The lowest BCUT2D eigenvalue weighted by atomic mass is 9.85. The van der Waals surface area contributed by atoms with Crippen molar-refractivity contribution in [2.75, 3.05) is 0 Å². The Labute approximate surface area is 92.9 Å². The Hall–Kier alpha value is -1.45. The number of carboxylic acids is 1. The van der Waals surface area contributed by atoms with Gasteiger partial charge in [-0.05, 0) is 44.4 Å². The maximum atomic E-state index is 13.4. The highest BCUT2D eigenvalue weighted by Gasteiger charge is 2.29. The van der Waals surface area contributed by atoms with Gasteiger partial charge < -0.3 is 5.11 Å². The number of carboxylic acid groups (broad SMARTS) is 1. The molecule has 0 saturated carbocycles. The molecule has 0 unspecified atom stereocenters. The van der Waals surface area contributed by atoms with Crippen LogP contribution in [0.1, 0.15) is 25.0 Å². The third-order valence-electron chi connectivity index (χ3n) is 2.46. The van der Waals surface area contributed by atoms with Gasteiger partial charge in [-0.25, -0.2) is 8.78 Å². The minimum atomic E-state index is -1.11. The topological polar surface area (TPSA) is 37.3 Å². The van der Waals surface area contributed by atoms with E-state index < -0.39 is 23.0 Å². The zero-order chi connectivity index (χ0) is 12.5. The monoisotopic (exact) mass is 228 g/mol. The minimum Gasteiger partial charge on any atom is -0.481 e. The number of benzene rings is 1. The molecule has 0 saturated heterocycles. The first-order chi connectivity index (χ1) is 7.24. The predicted octanol–water partition coefficient (Wildman–Crippen LogP) is 2.93. The number of hydrogen-bond acceptors (Lipinski definition) is 1. The summed E-state index contributed by atoms with van der Waals surface area (Å²) in [5.74, 6) is -2.93. The van der Waals surface area contributed by atoms with Crippen LogP contribution < -0.4 is 0 Å². The van der Waals surface area contributed by atoms with Crippen LogP contribution in [0.15, 0.2) is 12.1 Å². The van der Waals surface area contributed by atoms with Crippen LogP contribution in [0.5, 0.6) is 0 Å². The molecule has 0 atom stereocenters. The van der Waals surface area contributed by atoms with Crippen molar-refractivity contribution >= 4 is 5.97 Å². The lowest BCUT2D eigenvalue weighted by Gasteiger charge is -2.19. The van der Waals surface area contributed by atoms with Gasteiger partial charge in [0.1, 0.15) is 0 Å². The second-order valence-corrected chi connectivity index (χ2v) is 4.59. The predicted molar refractivity (Wildman–Crippen MR) is 56.2 cm³/mol. The van der Waals surface area contributed by atoms with Crippen molar-refractivity contribution in [1.29, 1.82) is 0 Å². The van der Waals surface area contributed by atoms with E-state index in [1.165, 1.54) is 19.9 Å². The fourth-order valence-corrected chi connectivity index (χ4v) is 1.48. The second-order valence-electron chi connectivity index (χ2n) is 4.59. The van der Waals surface area contributed by atoms with Crippen molar-refractivity contribution in [3.63, 3.8) is 0 Å². The van der Waals surface area contributed by atoms with E-state index in [9.17, 15) is 13.6 Å². The Morgan fingerprint density at radius 1 is 1.38 bits per heavy atom. The molecule has 88 valence electrons. The molecular weight excluding hydrogens is 214 g/mol. The molecule has 0 bridgehead atoms. The van der Waals surface area contributed by atoms with Gasteiger partial charge in [-0.15, -0.1) is 0 Å². The van der Waals surface area contributed by atoms with Gasteiger partial charge in [-0.3, -0.25) is 4.79 Å². The molecule has 0 aliphatic carbocycles. The van der Waals surface area contributed by atoms with E-state index >= 15 is 0 Å². The normalized spacial score (nSPS) is 11.6. The van der Waals surface area contributed by atoms with E-state index in [0.29, 0.717) is 5.56 Å². The van der Waals surface area contributed by atoms with Crippen LogP contribution in [0.3, 0.4) is 0 Å². The first-order valence-electron chi connectivity index (χ1n) is 4.92. The highest BCUT2D eigenvalue weighted by Crippen LogP contribution is 2.25. The summed E-state index contributed by atoms with van der Waals surface area (Å²) in [7, 11) is 0. The molecule has 0 aliphatic rings. The SMILES string of the molecule is Cc1cc(F)c(F)c(CC(C)(C)C(=O)O)c1. The van der Waals surface area contributed by atoms with Crippen LogP contribution in [0, 0.1) is 24.0 Å². The third-order valence-corrected chi connectivity index (χ3v) is 2.46. The summed E-state index contributed by atoms with van der Waals surface area (Å²) in [6.45, 7) is 4.60. The lowest BCUT2D eigenvalue weighted by Crippen LogP contribution is -2.26. The molecule has 4 heteroatoms. The molecule has 0 amide bonds. The molecule has 0 heterocycles. The van der Waals surface area contributed by atoms with E-state index in [1.807, 2.05) is 0 Å². The summed E-state index contributed by atoms with van der Waals surface area (Å²) in [5.41, 5.74) is -0.430. The summed E-state index contributed by atoms with van der Waals surface area (Å²) < 4.78 is 26.5. The highest BCUT2D eigenvalue weighted by molar-refractivity contribution is 5.74. The number of aryl methyl sites for hydroxylation is 1. The van der Waals surface area contributed by atoms with Crippen LogP contribution in [0.25, 0.3) is 0 Å². The molecule has 1 aromatic carbocycles. The van der Waals surface area contributed by atoms with E-state index in [4.69, 9.17) is 5.11 Å². The van der Waals surface area contributed by atoms with Crippen molar-refractivity contribution < 1.29 is 18.7 Å². The van der Waals surface area contributed by atoms with E-state index in [2.05, 4.69) is 0 Å². The summed E-state index contributed by atoms with van der Waals surface area (Å²) in [6, 6.07) is 2.57. The Morgan fingerprint density at radius 3 is 2.44 bits per heavy atom. The molecule has 1 aromatic rings. The van der Waals surface area contributed by atoms with Gasteiger partial charge in [0.25, 0.3) is 0 Å². The van der Waals surface area contributed by atoms with Gasteiger partial charge in [-0.1, -0.05) is 6.07 Å². The maximum absolute atomic E-state index is 13.4. The fourth-order valence-electron chi connectivity index (χ4n) is 1.48. The number of rotatable bonds is 3. The second kappa shape index (κ2) is 4.20. The largest absolute Gasteiger partial charge is 0.481 e.